The molecule has 0 spiro atoms. The average molecular weight is 466 g/mol. The van der Waals surface area contributed by atoms with Crippen molar-refractivity contribution in [1.82, 2.24) is 9.80 Å². The molecule has 2 rings (SSSR count). The third-order valence-corrected chi connectivity index (χ3v) is 4.73. The zero-order chi connectivity index (χ0) is 24.6. The van der Waals surface area contributed by atoms with Crippen molar-refractivity contribution in [2.75, 3.05) is 26.8 Å². The third kappa shape index (κ3) is 8.68. The summed E-state index contributed by atoms with van der Waals surface area (Å²) in [6.07, 6.45) is -0.994. The molecule has 0 aromatic heterocycles. The van der Waals surface area contributed by atoms with Crippen molar-refractivity contribution >= 4 is 23.8 Å². The molecule has 0 N–H and O–H groups in total. The van der Waals surface area contributed by atoms with Gasteiger partial charge in [-0.05, 0) is 32.8 Å². The SMILES string of the molecule is CN(CCCC(=O)N(Cc1cccc([N+](=O)[O-])c1)C(=O)OC1CCOC1)C(=O)OC(C)(C)C. The first-order valence-electron chi connectivity index (χ1n) is 10.7. The van der Waals surface area contributed by atoms with E-state index in [1.165, 1.54) is 23.1 Å². The van der Waals surface area contributed by atoms with Gasteiger partial charge in [0, 0.05) is 38.6 Å². The van der Waals surface area contributed by atoms with E-state index < -0.39 is 34.7 Å². The molecule has 1 heterocycles. The maximum Gasteiger partial charge on any atom is 0.417 e. The summed E-state index contributed by atoms with van der Waals surface area (Å²) in [6, 6.07) is 5.72. The molecule has 0 aliphatic carbocycles. The minimum Gasteiger partial charge on any atom is -0.444 e. The van der Waals surface area contributed by atoms with Crippen LogP contribution in [-0.2, 0) is 25.5 Å². The van der Waals surface area contributed by atoms with Crippen molar-refractivity contribution in [3.63, 3.8) is 0 Å². The lowest BCUT2D eigenvalue weighted by atomic mass is 10.2. The monoisotopic (exact) mass is 465 g/mol. The normalized spacial score (nSPS) is 15.6. The van der Waals surface area contributed by atoms with Crippen LogP contribution in [0, 0.1) is 10.1 Å². The highest BCUT2D eigenvalue weighted by atomic mass is 16.6. The van der Waals surface area contributed by atoms with Crippen LogP contribution in [0.25, 0.3) is 0 Å². The third-order valence-electron chi connectivity index (χ3n) is 4.73. The topological polar surface area (TPSA) is 129 Å². The standard InChI is InChI=1S/C22H31N3O8/c1-22(2,3)33-20(27)23(4)11-6-9-19(26)24(21(28)32-18-10-12-31-15-18)14-16-7-5-8-17(13-16)25(29)30/h5,7-8,13,18H,6,9-12,14-15H2,1-4H3. The molecule has 0 bridgehead atoms. The van der Waals surface area contributed by atoms with Gasteiger partial charge in [-0.3, -0.25) is 14.9 Å². The maximum atomic E-state index is 12.9. The molecular weight excluding hydrogens is 434 g/mol. The van der Waals surface area contributed by atoms with E-state index >= 15 is 0 Å². The Bertz CT molecular complexity index is 861. The van der Waals surface area contributed by atoms with Crippen molar-refractivity contribution in [1.29, 1.82) is 0 Å². The fourth-order valence-corrected chi connectivity index (χ4v) is 3.05. The molecule has 1 aliphatic rings. The van der Waals surface area contributed by atoms with Crippen molar-refractivity contribution in [3.05, 3.63) is 39.9 Å². The average Bonchev–Trinajstić information content (AvgIpc) is 3.23. The van der Waals surface area contributed by atoms with Crippen LogP contribution < -0.4 is 0 Å². The minimum atomic E-state index is -0.831. The van der Waals surface area contributed by atoms with Gasteiger partial charge < -0.3 is 19.1 Å². The molecule has 1 aromatic carbocycles. The fourth-order valence-electron chi connectivity index (χ4n) is 3.05. The van der Waals surface area contributed by atoms with Crippen molar-refractivity contribution < 1.29 is 33.5 Å². The predicted octanol–water partition coefficient (Wildman–Crippen LogP) is 3.50. The number of hydrogen-bond donors (Lipinski definition) is 0. The summed E-state index contributed by atoms with van der Waals surface area (Å²) < 4.78 is 15.9. The summed E-state index contributed by atoms with van der Waals surface area (Å²) in [5.41, 5.74) is -0.358. The zero-order valence-electron chi connectivity index (χ0n) is 19.4. The van der Waals surface area contributed by atoms with E-state index in [0.717, 1.165) is 4.90 Å². The Morgan fingerprint density at radius 3 is 2.58 bits per heavy atom. The second kappa shape index (κ2) is 11.6. The van der Waals surface area contributed by atoms with E-state index in [0.29, 0.717) is 25.0 Å². The van der Waals surface area contributed by atoms with E-state index in [9.17, 15) is 24.5 Å². The molecule has 1 unspecified atom stereocenters. The highest BCUT2D eigenvalue weighted by molar-refractivity contribution is 5.92. The Kier molecular flexibility index (Phi) is 9.15. The number of nitrogens with zero attached hydrogens (tertiary/aromatic N) is 3. The van der Waals surface area contributed by atoms with Gasteiger partial charge in [-0.2, -0.15) is 0 Å². The van der Waals surface area contributed by atoms with Crippen LogP contribution >= 0.6 is 0 Å². The van der Waals surface area contributed by atoms with Gasteiger partial charge in [0.25, 0.3) is 5.69 Å². The van der Waals surface area contributed by atoms with E-state index in [-0.39, 0.29) is 31.8 Å². The van der Waals surface area contributed by atoms with E-state index in [1.807, 2.05) is 0 Å². The maximum absolute atomic E-state index is 12.9. The van der Waals surface area contributed by atoms with Gasteiger partial charge >= 0.3 is 12.2 Å². The number of carbonyl (C=O) groups excluding carboxylic acids is 3. The van der Waals surface area contributed by atoms with Gasteiger partial charge in [0.05, 0.1) is 24.7 Å². The Morgan fingerprint density at radius 2 is 1.97 bits per heavy atom. The molecule has 1 aliphatic heterocycles. The Labute approximate surface area is 192 Å². The molecule has 11 heteroatoms. The molecule has 0 saturated carbocycles. The Morgan fingerprint density at radius 1 is 1.24 bits per heavy atom. The summed E-state index contributed by atoms with van der Waals surface area (Å²) in [5.74, 6) is -0.511. The predicted molar refractivity (Wildman–Crippen MR) is 117 cm³/mol. The Hall–Kier alpha value is -3.21. The van der Waals surface area contributed by atoms with Crippen LogP contribution in [0.5, 0.6) is 0 Å². The Balaban J connectivity index is 2.03. The lowest BCUT2D eigenvalue weighted by Crippen LogP contribution is -2.39. The molecule has 33 heavy (non-hydrogen) atoms. The summed E-state index contributed by atoms with van der Waals surface area (Å²) in [6.45, 7) is 6.07. The number of nitro groups is 1. The number of benzene rings is 1. The van der Waals surface area contributed by atoms with Gasteiger partial charge in [0.1, 0.15) is 11.7 Å². The number of rotatable bonds is 8. The lowest BCUT2D eigenvalue weighted by molar-refractivity contribution is -0.384. The van der Waals surface area contributed by atoms with Crippen molar-refractivity contribution in [2.45, 2.75) is 58.3 Å². The first-order chi connectivity index (χ1) is 15.5. The molecule has 1 saturated heterocycles. The highest BCUT2D eigenvalue weighted by Crippen LogP contribution is 2.18. The number of ether oxygens (including phenoxy) is 3. The second-order valence-electron chi connectivity index (χ2n) is 8.78. The first-order valence-corrected chi connectivity index (χ1v) is 10.7. The first kappa shape index (κ1) is 26.0. The van der Waals surface area contributed by atoms with Gasteiger partial charge in [0.15, 0.2) is 0 Å². The molecule has 11 nitrogen and oxygen atoms in total. The quantitative estimate of drug-likeness (QED) is 0.421. The van der Waals surface area contributed by atoms with Crippen LogP contribution in [0.4, 0.5) is 15.3 Å². The van der Waals surface area contributed by atoms with Crippen LogP contribution in [-0.4, -0.2) is 71.3 Å². The summed E-state index contributed by atoms with van der Waals surface area (Å²) in [7, 11) is 1.56. The highest BCUT2D eigenvalue weighted by Gasteiger charge is 2.28. The summed E-state index contributed by atoms with van der Waals surface area (Å²) >= 11 is 0. The molecule has 1 atom stereocenters. The summed E-state index contributed by atoms with van der Waals surface area (Å²) in [5, 5.41) is 11.1. The molecule has 1 fully saturated rings. The van der Waals surface area contributed by atoms with Gasteiger partial charge in [-0.15, -0.1) is 0 Å². The number of amides is 3. The number of hydrogen-bond acceptors (Lipinski definition) is 8. The number of carbonyl (C=O) groups is 3. The van der Waals surface area contributed by atoms with Crippen LogP contribution in [0.3, 0.4) is 0 Å². The van der Waals surface area contributed by atoms with Gasteiger partial charge in [0.2, 0.25) is 5.91 Å². The lowest BCUT2D eigenvalue weighted by Gasteiger charge is -2.25. The second-order valence-corrected chi connectivity index (χ2v) is 8.78. The van der Waals surface area contributed by atoms with Gasteiger partial charge in [-0.25, -0.2) is 14.5 Å². The van der Waals surface area contributed by atoms with Crippen LogP contribution in [0.2, 0.25) is 0 Å². The zero-order valence-corrected chi connectivity index (χ0v) is 19.4. The van der Waals surface area contributed by atoms with Crippen molar-refractivity contribution in [3.8, 4) is 0 Å². The largest absolute Gasteiger partial charge is 0.444 e. The van der Waals surface area contributed by atoms with Crippen molar-refractivity contribution in [2.24, 2.45) is 0 Å². The number of nitro benzene ring substituents is 1. The number of imide groups is 1. The molecule has 182 valence electrons. The number of non-ortho nitro benzene ring substituents is 1. The molecule has 1 aromatic rings. The minimum absolute atomic E-state index is 0.0294. The van der Waals surface area contributed by atoms with Gasteiger partial charge in [-0.1, -0.05) is 12.1 Å². The molecule has 0 radical (unpaired) electrons. The smallest absolute Gasteiger partial charge is 0.417 e. The van der Waals surface area contributed by atoms with Crippen LogP contribution in [0.1, 0.15) is 45.6 Å². The van der Waals surface area contributed by atoms with E-state index in [2.05, 4.69) is 0 Å². The summed E-state index contributed by atoms with van der Waals surface area (Å²) in [4.78, 5) is 50.5. The fraction of sp³-hybridized carbons (Fsp3) is 0.591. The van der Waals surface area contributed by atoms with E-state index in [1.54, 1.807) is 33.9 Å². The van der Waals surface area contributed by atoms with Crippen LogP contribution in [0.15, 0.2) is 24.3 Å². The van der Waals surface area contributed by atoms with E-state index in [4.69, 9.17) is 14.2 Å². The molecular formula is C22H31N3O8. The molecule has 3 amide bonds.